The number of amides is 1. The van der Waals surface area contributed by atoms with Crippen LogP contribution in [0.5, 0.6) is 0 Å². The number of anilines is 1. The Labute approximate surface area is 139 Å². The molecule has 1 rings (SSSR count). The van der Waals surface area contributed by atoms with Gasteiger partial charge >= 0.3 is 0 Å². The quantitative estimate of drug-likeness (QED) is 0.649. The summed E-state index contributed by atoms with van der Waals surface area (Å²) >= 11 is 0. The van der Waals surface area contributed by atoms with Crippen LogP contribution in [-0.2, 0) is 20.9 Å². The molecule has 0 fully saturated rings. The molecule has 3 N–H and O–H groups in total. The van der Waals surface area contributed by atoms with Crippen molar-refractivity contribution in [1.82, 2.24) is 0 Å². The average Bonchev–Trinajstić information content (AvgIpc) is 2.50. The van der Waals surface area contributed by atoms with Gasteiger partial charge in [-0.3, -0.25) is 4.79 Å². The molecule has 1 atom stereocenters. The van der Waals surface area contributed by atoms with Crippen LogP contribution in [0, 0.1) is 6.92 Å². The highest BCUT2D eigenvalue weighted by Gasteiger charge is 2.27. The molecule has 23 heavy (non-hydrogen) atoms. The first-order valence-electron chi connectivity index (χ1n) is 8.26. The van der Waals surface area contributed by atoms with Crippen LogP contribution < -0.4 is 11.1 Å². The molecule has 0 aliphatic heterocycles. The molecule has 130 valence electrons. The van der Waals surface area contributed by atoms with Crippen molar-refractivity contribution in [2.24, 2.45) is 5.73 Å². The molecule has 0 bridgehead atoms. The van der Waals surface area contributed by atoms with E-state index in [2.05, 4.69) is 5.32 Å². The minimum atomic E-state index is -0.856. The van der Waals surface area contributed by atoms with Crippen molar-refractivity contribution in [3.8, 4) is 0 Å². The van der Waals surface area contributed by atoms with Crippen molar-refractivity contribution in [1.29, 1.82) is 0 Å². The molecular weight excluding hydrogens is 292 g/mol. The highest BCUT2D eigenvalue weighted by Crippen LogP contribution is 2.21. The molecule has 1 unspecified atom stereocenters. The van der Waals surface area contributed by atoms with Gasteiger partial charge in [-0.15, -0.1) is 0 Å². The number of hydrogen-bond acceptors (Lipinski definition) is 4. The Balaban J connectivity index is 2.67. The van der Waals surface area contributed by atoms with Crippen molar-refractivity contribution in [3.63, 3.8) is 0 Å². The second-order valence-electron chi connectivity index (χ2n) is 5.96. The van der Waals surface area contributed by atoms with Gasteiger partial charge in [-0.05, 0) is 44.4 Å². The van der Waals surface area contributed by atoms with Gasteiger partial charge in [-0.25, -0.2) is 0 Å². The summed E-state index contributed by atoms with van der Waals surface area (Å²) in [6, 6.07) is 5.80. The van der Waals surface area contributed by atoms with Crippen molar-refractivity contribution in [2.45, 2.75) is 52.7 Å². The summed E-state index contributed by atoms with van der Waals surface area (Å²) in [6.07, 6.45) is 1.52. The fourth-order valence-electron chi connectivity index (χ4n) is 2.32. The van der Waals surface area contributed by atoms with Crippen LogP contribution >= 0.6 is 0 Å². The normalized spacial score (nSPS) is 13.6. The number of rotatable bonds is 10. The van der Waals surface area contributed by atoms with E-state index >= 15 is 0 Å². The van der Waals surface area contributed by atoms with Crippen LogP contribution in [0.2, 0.25) is 0 Å². The number of benzene rings is 1. The molecule has 1 amide bonds. The maximum absolute atomic E-state index is 12.3. The van der Waals surface area contributed by atoms with Gasteiger partial charge in [-0.2, -0.15) is 0 Å². The Morgan fingerprint density at radius 1 is 1.26 bits per heavy atom. The van der Waals surface area contributed by atoms with Gasteiger partial charge in [0.2, 0.25) is 5.91 Å². The lowest BCUT2D eigenvalue weighted by molar-refractivity contribution is -0.120. The molecule has 0 aromatic heterocycles. The number of ether oxygens (including phenoxy) is 2. The number of nitrogens with one attached hydrogen (secondary N) is 1. The molecule has 1 aromatic rings. The van der Waals surface area contributed by atoms with Crippen molar-refractivity contribution < 1.29 is 14.3 Å². The third-order valence-electron chi connectivity index (χ3n) is 3.82. The van der Waals surface area contributed by atoms with E-state index in [0.717, 1.165) is 23.2 Å². The van der Waals surface area contributed by atoms with Gasteiger partial charge in [0.25, 0.3) is 0 Å². The standard InChI is InChI=1S/C18H30N2O3/c1-5-10-18(4,19)17(21)20-16-9-7-8-15(14(16)3)13-23-12-11-22-6-2/h7-9H,5-6,10-13,19H2,1-4H3,(H,20,21). The molecule has 5 nitrogen and oxygen atoms in total. The molecule has 0 spiro atoms. The highest BCUT2D eigenvalue weighted by atomic mass is 16.5. The first-order valence-corrected chi connectivity index (χ1v) is 8.26. The first kappa shape index (κ1) is 19.6. The first-order chi connectivity index (χ1) is 10.9. The molecule has 0 heterocycles. The zero-order valence-electron chi connectivity index (χ0n) is 14.8. The molecule has 0 saturated heterocycles. The minimum absolute atomic E-state index is 0.156. The zero-order valence-corrected chi connectivity index (χ0v) is 14.8. The Bertz CT molecular complexity index is 501. The predicted molar refractivity (Wildman–Crippen MR) is 93.5 cm³/mol. The van der Waals surface area contributed by atoms with Gasteiger partial charge in [0.15, 0.2) is 0 Å². The molecule has 0 aliphatic rings. The van der Waals surface area contributed by atoms with Crippen molar-refractivity contribution >= 4 is 11.6 Å². The number of nitrogens with two attached hydrogens (primary N) is 1. The maximum Gasteiger partial charge on any atom is 0.244 e. The largest absolute Gasteiger partial charge is 0.379 e. The summed E-state index contributed by atoms with van der Waals surface area (Å²) in [5.41, 5.74) is 8.07. The summed E-state index contributed by atoms with van der Waals surface area (Å²) in [4.78, 5) is 12.3. The van der Waals surface area contributed by atoms with E-state index in [1.54, 1.807) is 6.92 Å². The van der Waals surface area contributed by atoms with Crippen LogP contribution in [0.3, 0.4) is 0 Å². The topological polar surface area (TPSA) is 73.6 Å². The molecular formula is C18H30N2O3. The lowest BCUT2D eigenvalue weighted by Gasteiger charge is -2.24. The Hall–Kier alpha value is -1.43. The average molecular weight is 322 g/mol. The Kier molecular flexibility index (Phi) is 8.23. The summed E-state index contributed by atoms with van der Waals surface area (Å²) in [5, 5.41) is 2.94. The van der Waals surface area contributed by atoms with E-state index in [9.17, 15) is 4.79 Å². The van der Waals surface area contributed by atoms with Crippen molar-refractivity contribution in [2.75, 3.05) is 25.1 Å². The summed E-state index contributed by atoms with van der Waals surface area (Å²) in [7, 11) is 0. The Morgan fingerprint density at radius 2 is 1.96 bits per heavy atom. The molecule has 0 saturated carbocycles. The van der Waals surface area contributed by atoms with E-state index in [4.69, 9.17) is 15.2 Å². The predicted octanol–water partition coefficient (Wildman–Crippen LogP) is 3.00. The number of hydrogen-bond donors (Lipinski definition) is 2. The van der Waals surface area contributed by atoms with Gasteiger partial charge < -0.3 is 20.5 Å². The number of carbonyl (C=O) groups excluding carboxylic acids is 1. The summed E-state index contributed by atoms with van der Waals surface area (Å²) < 4.78 is 10.8. The minimum Gasteiger partial charge on any atom is -0.379 e. The highest BCUT2D eigenvalue weighted by molar-refractivity contribution is 5.98. The molecule has 1 aromatic carbocycles. The lowest BCUT2D eigenvalue weighted by atomic mass is 9.96. The van der Waals surface area contributed by atoms with E-state index in [0.29, 0.717) is 32.8 Å². The molecule has 5 heteroatoms. The second-order valence-corrected chi connectivity index (χ2v) is 5.96. The van der Waals surface area contributed by atoms with Crippen LogP contribution in [-0.4, -0.2) is 31.3 Å². The zero-order chi connectivity index (χ0) is 17.3. The second kappa shape index (κ2) is 9.65. The van der Waals surface area contributed by atoms with E-state index in [1.165, 1.54) is 0 Å². The van der Waals surface area contributed by atoms with Crippen LogP contribution in [0.1, 0.15) is 44.7 Å². The third kappa shape index (κ3) is 6.29. The summed E-state index contributed by atoms with van der Waals surface area (Å²) in [6.45, 7) is 10.1. The SMILES string of the molecule is CCCC(C)(N)C(=O)Nc1cccc(COCCOCC)c1C. The van der Waals surface area contributed by atoms with Crippen molar-refractivity contribution in [3.05, 3.63) is 29.3 Å². The van der Waals surface area contributed by atoms with E-state index in [-0.39, 0.29) is 5.91 Å². The van der Waals surface area contributed by atoms with Gasteiger partial charge in [-0.1, -0.05) is 25.5 Å². The smallest absolute Gasteiger partial charge is 0.244 e. The van der Waals surface area contributed by atoms with Crippen LogP contribution in [0.25, 0.3) is 0 Å². The van der Waals surface area contributed by atoms with Gasteiger partial charge in [0.05, 0.1) is 25.4 Å². The summed E-state index contributed by atoms with van der Waals surface area (Å²) in [5.74, 6) is -0.156. The monoisotopic (exact) mass is 322 g/mol. The fourth-order valence-corrected chi connectivity index (χ4v) is 2.32. The van der Waals surface area contributed by atoms with Gasteiger partial charge in [0.1, 0.15) is 0 Å². The van der Waals surface area contributed by atoms with E-state index < -0.39 is 5.54 Å². The van der Waals surface area contributed by atoms with Gasteiger partial charge in [0, 0.05) is 12.3 Å². The van der Waals surface area contributed by atoms with Crippen LogP contribution in [0.4, 0.5) is 5.69 Å². The Morgan fingerprint density at radius 3 is 2.61 bits per heavy atom. The third-order valence-corrected chi connectivity index (χ3v) is 3.82. The molecule has 0 aliphatic carbocycles. The maximum atomic E-state index is 12.3. The lowest BCUT2D eigenvalue weighted by Crippen LogP contribution is -2.48. The van der Waals surface area contributed by atoms with Crippen LogP contribution in [0.15, 0.2) is 18.2 Å². The van der Waals surface area contributed by atoms with E-state index in [1.807, 2.05) is 39.0 Å². The number of carbonyl (C=O) groups is 1. The fraction of sp³-hybridized carbons (Fsp3) is 0.611. The molecule has 0 radical (unpaired) electrons.